The number of amides is 1. The first-order valence-corrected chi connectivity index (χ1v) is 10.1. The van der Waals surface area contributed by atoms with E-state index in [4.69, 9.17) is 9.84 Å². The highest BCUT2D eigenvalue weighted by molar-refractivity contribution is 5.88. The smallest absolute Gasteiger partial charge is 0.410 e. The van der Waals surface area contributed by atoms with Gasteiger partial charge in [-0.15, -0.1) is 0 Å². The normalized spacial score (nSPS) is 14.6. The Hall–Kier alpha value is -3.60. The van der Waals surface area contributed by atoms with Crippen molar-refractivity contribution in [2.75, 3.05) is 13.2 Å². The lowest BCUT2D eigenvalue weighted by Crippen LogP contribution is -2.37. The standard InChI is InChI=1S/C25H21NO4/c27-24(28)17-9-10-18-14-26(12-11-16(18)13-17)25(29)30-15-23-21-7-3-1-5-19(21)20-6-2-4-8-22(20)23/h1-10,13,23H,11-12,14-15H2,(H,27,28). The van der Waals surface area contributed by atoms with Gasteiger partial charge in [0.1, 0.15) is 6.61 Å². The zero-order chi connectivity index (χ0) is 20.7. The molecule has 2 aliphatic rings. The van der Waals surface area contributed by atoms with E-state index in [0.717, 1.165) is 11.1 Å². The van der Waals surface area contributed by atoms with E-state index < -0.39 is 5.97 Å². The second-order valence-corrected chi connectivity index (χ2v) is 7.76. The first-order chi connectivity index (χ1) is 14.6. The summed E-state index contributed by atoms with van der Waals surface area (Å²) in [6.07, 6.45) is 0.297. The molecule has 1 N–H and O–H groups in total. The Balaban J connectivity index is 1.30. The lowest BCUT2D eigenvalue weighted by Gasteiger charge is -2.29. The average Bonchev–Trinajstić information content (AvgIpc) is 3.10. The minimum Gasteiger partial charge on any atom is -0.478 e. The maximum Gasteiger partial charge on any atom is 0.410 e. The van der Waals surface area contributed by atoms with E-state index in [0.29, 0.717) is 26.1 Å². The van der Waals surface area contributed by atoms with Gasteiger partial charge in [0, 0.05) is 19.0 Å². The molecule has 0 bridgehead atoms. The Bertz CT molecular complexity index is 1110. The van der Waals surface area contributed by atoms with Gasteiger partial charge in [-0.1, -0.05) is 54.6 Å². The van der Waals surface area contributed by atoms with Crippen LogP contribution in [-0.4, -0.2) is 35.2 Å². The van der Waals surface area contributed by atoms with Gasteiger partial charge in [-0.3, -0.25) is 0 Å². The Morgan fingerprint density at radius 3 is 2.27 bits per heavy atom. The highest BCUT2D eigenvalue weighted by Crippen LogP contribution is 2.44. The highest BCUT2D eigenvalue weighted by atomic mass is 16.6. The van der Waals surface area contributed by atoms with Crippen LogP contribution in [0.25, 0.3) is 11.1 Å². The van der Waals surface area contributed by atoms with Crippen LogP contribution in [0.2, 0.25) is 0 Å². The summed E-state index contributed by atoms with van der Waals surface area (Å²) in [6.45, 7) is 1.26. The number of rotatable bonds is 3. The summed E-state index contributed by atoms with van der Waals surface area (Å²) in [7, 11) is 0. The molecular weight excluding hydrogens is 378 g/mol. The van der Waals surface area contributed by atoms with E-state index in [1.807, 2.05) is 24.3 Å². The number of carboxylic acids is 1. The third kappa shape index (κ3) is 3.12. The highest BCUT2D eigenvalue weighted by Gasteiger charge is 2.30. The number of benzene rings is 3. The summed E-state index contributed by atoms with van der Waals surface area (Å²) in [6, 6.07) is 21.6. The number of ether oxygens (including phenoxy) is 1. The molecule has 0 fully saturated rings. The molecule has 5 nitrogen and oxygen atoms in total. The van der Waals surface area contributed by atoms with E-state index in [-0.39, 0.29) is 17.6 Å². The first-order valence-electron chi connectivity index (χ1n) is 10.1. The third-order valence-electron chi connectivity index (χ3n) is 6.06. The van der Waals surface area contributed by atoms with Crippen molar-refractivity contribution < 1.29 is 19.4 Å². The fraction of sp³-hybridized carbons (Fsp3) is 0.200. The van der Waals surface area contributed by atoms with Crippen molar-refractivity contribution in [2.45, 2.75) is 18.9 Å². The summed E-state index contributed by atoms with van der Waals surface area (Å²) in [5.74, 6) is -0.895. The Morgan fingerprint density at radius 1 is 0.933 bits per heavy atom. The topological polar surface area (TPSA) is 66.8 Å². The van der Waals surface area contributed by atoms with Crippen LogP contribution in [0.3, 0.4) is 0 Å². The largest absolute Gasteiger partial charge is 0.478 e. The molecule has 0 saturated heterocycles. The monoisotopic (exact) mass is 399 g/mol. The van der Waals surface area contributed by atoms with Crippen LogP contribution in [-0.2, 0) is 17.7 Å². The number of hydrogen-bond acceptors (Lipinski definition) is 3. The Kier molecular flexibility index (Phi) is 4.51. The van der Waals surface area contributed by atoms with Gasteiger partial charge in [0.25, 0.3) is 0 Å². The van der Waals surface area contributed by atoms with Gasteiger partial charge in [0.05, 0.1) is 5.56 Å². The molecule has 3 aromatic carbocycles. The molecule has 0 spiro atoms. The predicted molar refractivity (Wildman–Crippen MR) is 113 cm³/mol. The van der Waals surface area contributed by atoms with Crippen molar-refractivity contribution >= 4 is 12.1 Å². The lowest BCUT2D eigenvalue weighted by atomic mass is 9.97. The molecule has 5 rings (SSSR count). The van der Waals surface area contributed by atoms with Gasteiger partial charge < -0.3 is 14.7 Å². The van der Waals surface area contributed by atoms with Gasteiger partial charge in [0.15, 0.2) is 0 Å². The van der Waals surface area contributed by atoms with Crippen LogP contribution in [0.4, 0.5) is 4.79 Å². The minimum atomic E-state index is -0.934. The SMILES string of the molecule is O=C(O)c1ccc2c(c1)CCN(C(=O)OCC1c3ccccc3-c3ccccc31)C2. The fourth-order valence-electron chi connectivity index (χ4n) is 4.53. The number of hydrogen-bond donors (Lipinski definition) is 1. The number of carbonyl (C=O) groups is 2. The van der Waals surface area contributed by atoms with Crippen LogP contribution < -0.4 is 0 Å². The molecule has 1 aliphatic carbocycles. The van der Waals surface area contributed by atoms with Gasteiger partial charge in [-0.25, -0.2) is 9.59 Å². The zero-order valence-corrected chi connectivity index (χ0v) is 16.4. The van der Waals surface area contributed by atoms with Crippen LogP contribution in [0.1, 0.15) is 38.5 Å². The molecule has 0 radical (unpaired) electrons. The van der Waals surface area contributed by atoms with Crippen molar-refractivity contribution in [1.29, 1.82) is 0 Å². The van der Waals surface area contributed by atoms with Crippen molar-refractivity contribution in [3.05, 3.63) is 94.5 Å². The van der Waals surface area contributed by atoms with Gasteiger partial charge in [0.2, 0.25) is 0 Å². The van der Waals surface area contributed by atoms with Crippen molar-refractivity contribution in [1.82, 2.24) is 4.90 Å². The molecule has 30 heavy (non-hydrogen) atoms. The lowest BCUT2D eigenvalue weighted by molar-refractivity contribution is 0.0695. The van der Waals surface area contributed by atoms with Gasteiger partial charge in [-0.05, 0) is 51.9 Å². The summed E-state index contributed by atoms with van der Waals surface area (Å²) in [5.41, 5.74) is 7.03. The predicted octanol–water partition coefficient (Wildman–Crippen LogP) is 4.69. The van der Waals surface area contributed by atoms with Crippen molar-refractivity contribution in [3.63, 3.8) is 0 Å². The maximum atomic E-state index is 12.8. The molecule has 0 unspecified atom stereocenters. The summed E-state index contributed by atoms with van der Waals surface area (Å²) < 4.78 is 5.75. The Morgan fingerprint density at radius 2 is 1.60 bits per heavy atom. The average molecular weight is 399 g/mol. The summed E-state index contributed by atoms with van der Waals surface area (Å²) in [5, 5.41) is 9.16. The molecule has 3 aromatic rings. The molecule has 0 aromatic heterocycles. The summed E-state index contributed by atoms with van der Waals surface area (Å²) >= 11 is 0. The fourth-order valence-corrected chi connectivity index (χ4v) is 4.53. The van der Waals surface area contributed by atoms with E-state index >= 15 is 0 Å². The maximum absolute atomic E-state index is 12.8. The number of fused-ring (bicyclic) bond motifs is 4. The minimum absolute atomic E-state index is 0.0385. The second kappa shape index (κ2) is 7.34. The zero-order valence-electron chi connectivity index (χ0n) is 16.4. The van der Waals surface area contributed by atoms with E-state index in [2.05, 4.69) is 24.3 Å². The van der Waals surface area contributed by atoms with Crippen LogP contribution in [0, 0.1) is 0 Å². The van der Waals surface area contributed by atoms with Gasteiger partial charge >= 0.3 is 12.1 Å². The third-order valence-corrected chi connectivity index (χ3v) is 6.06. The Labute approximate surface area is 174 Å². The molecule has 0 atom stereocenters. The quantitative estimate of drug-likeness (QED) is 0.694. The molecule has 1 aliphatic heterocycles. The molecule has 150 valence electrons. The van der Waals surface area contributed by atoms with E-state index in [9.17, 15) is 9.59 Å². The number of carboxylic acid groups (broad SMARTS) is 1. The van der Waals surface area contributed by atoms with Crippen LogP contribution in [0.15, 0.2) is 66.7 Å². The molecule has 0 saturated carbocycles. The number of carbonyl (C=O) groups excluding carboxylic acids is 1. The van der Waals surface area contributed by atoms with Crippen LogP contribution >= 0.6 is 0 Å². The first kappa shape index (κ1) is 18.4. The molecule has 1 amide bonds. The van der Waals surface area contributed by atoms with E-state index in [1.54, 1.807) is 23.1 Å². The molecule has 5 heteroatoms. The van der Waals surface area contributed by atoms with E-state index in [1.165, 1.54) is 22.3 Å². The van der Waals surface area contributed by atoms with Crippen LogP contribution in [0.5, 0.6) is 0 Å². The molecule has 1 heterocycles. The second-order valence-electron chi connectivity index (χ2n) is 7.76. The number of nitrogens with zero attached hydrogens (tertiary/aromatic N) is 1. The number of aromatic carboxylic acids is 1. The molecular formula is C25H21NO4. The van der Waals surface area contributed by atoms with Crippen molar-refractivity contribution in [3.8, 4) is 11.1 Å². The van der Waals surface area contributed by atoms with Crippen molar-refractivity contribution in [2.24, 2.45) is 0 Å². The summed E-state index contributed by atoms with van der Waals surface area (Å²) in [4.78, 5) is 25.6. The van der Waals surface area contributed by atoms with Gasteiger partial charge in [-0.2, -0.15) is 0 Å².